The lowest BCUT2D eigenvalue weighted by atomic mass is 10.1. The molecule has 1 aliphatic rings. The zero-order chi connectivity index (χ0) is 12.3. The van der Waals surface area contributed by atoms with Gasteiger partial charge in [-0.3, -0.25) is 0 Å². The summed E-state index contributed by atoms with van der Waals surface area (Å²) in [5.41, 5.74) is 2.51. The van der Waals surface area contributed by atoms with Crippen LogP contribution in [0.3, 0.4) is 0 Å². The van der Waals surface area contributed by atoms with Crippen molar-refractivity contribution < 1.29 is 4.74 Å². The van der Waals surface area contributed by atoms with E-state index in [-0.39, 0.29) is 6.10 Å². The first kappa shape index (κ1) is 12.7. The van der Waals surface area contributed by atoms with Gasteiger partial charge in [0.05, 0.1) is 12.7 Å². The van der Waals surface area contributed by atoms with Gasteiger partial charge in [-0.05, 0) is 31.7 Å². The molecule has 1 aliphatic heterocycles. The van der Waals surface area contributed by atoms with Crippen LogP contribution < -0.4 is 10.2 Å². The standard InChI is InChI=1S/C13H19ClN2O/c1-10-9-16(5-6-17-10)13-7-12(14)4-3-11(13)8-15-2/h3-4,7,10,15H,5-6,8-9H2,1-2H3. The lowest BCUT2D eigenvalue weighted by molar-refractivity contribution is 0.0531. The van der Waals surface area contributed by atoms with E-state index in [1.807, 2.05) is 19.2 Å². The van der Waals surface area contributed by atoms with E-state index in [9.17, 15) is 0 Å². The van der Waals surface area contributed by atoms with Crippen molar-refractivity contribution in [3.05, 3.63) is 28.8 Å². The normalized spacial score (nSPS) is 20.6. The Labute approximate surface area is 108 Å². The Morgan fingerprint density at radius 1 is 1.53 bits per heavy atom. The fourth-order valence-corrected chi connectivity index (χ4v) is 2.37. The first-order valence-electron chi connectivity index (χ1n) is 6.00. The number of nitrogens with zero attached hydrogens (tertiary/aromatic N) is 1. The summed E-state index contributed by atoms with van der Waals surface area (Å²) in [5.74, 6) is 0. The van der Waals surface area contributed by atoms with Gasteiger partial charge in [0, 0.05) is 30.3 Å². The third-order valence-electron chi connectivity index (χ3n) is 3.00. The Bertz CT molecular complexity index is 384. The molecule has 2 rings (SSSR count). The highest BCUT2D eigenvalue weighted by Gasteiger charge is 2.19. The van der Waals surface area contributed by atoms with Crippen LogP contribution in [0.2, 0.25) is 5.02 Å². The van der Waals surface area contributed by atoms with Gasteiger partial charge in [0.1, 0.15) is 0 Å². The van der Waals surface area contributed by atoms with Crippen LogP contribution in [0.1, 0.15) is 12.5 Å². The maximum absolute atomic E-state index is 6.09. The number of morpholine rings is 1. The summed E-state index contributed by atoms with van der Waals surface area (Å²) < 4.78 is 5.57. The topological polar surface area (TPSA) is 24.5 Å². The highest BCUT2D eigenvalue weighted by Crippen LogP contribution is 2.26. The van der Waals surface area contributed by atoms with Gasteiger partial charge in [-0.2, -0.15) is 0 Å². The van der Waals surface area contributed by atoms with Crippen LogP contribution in [0.15, 0.2) is 18.2 Å². The number of hydrogen-bond donors (Lipinski definition) is 1. The van der Waals surface area contributed by atoms with Gasteiger partial charge >= 0.3 is 0 Å². The lowest BCUT2D eigenvalue weighted by Gasteiger charge is -2.34. The maximum Gasteiger partial charge on any atom is 0.0722 e. The molecule has 1 aromatic carbocycles. The molecule has 0 aromatic heterocycles. The largest absolute Gasteiger partial charge is 0.375 e. The number of halogens is 1. The minimum absolute atomic E-state index is 0.283. The van der Waals surface area contributed by atoms with Crippen molar-refractivity contribution in [3.8, 4) is 0 Å². The van der Waals surface area contributed by atoms with E-state index in [4.69, 9.17) is 16.3 Å². The molecule has 1 aromatic rings. The van der Waals surface area contributed by atoms with Crippen molar-refractivity contribution in [2.75, 3.05) is 31.6 Å². The van der Waals surface area contributed by atoms with Gasteiger partial charge in [0.25, 0.3) is 0 Å². The summed E-state index contributed by atoms with van der Waals surface area (Å²) in [4.78, 5) is 2.35. The molecule has 3 nitrogen and oxygen atoms in total. The number of anilines is 1. The van der Waals surface area contributed by atoms with E-state index in [0.717, 1.165) is 31.3 Å². The van der Waals surface area contributed by atoms with Gasteiger partial charge in [-0.25, -0.2) is 0 Å². The molecular formula is C13H19ClN2O. The second-order valence-corrected chi connectivity index (χ2v) is 4.87. The van der Waals surface area contributed by atoms with Crippen molar-refractivity contribution in [1.29, 1.82) is 0 Å². The smallest absolute Gasteiger partial charge is 0.0722 e. The average Bonchev–Trinajstić information content (AvgIpc) is 2.32. The molecule has 0 aliphatic carbocycles. The first-order valence-corrected chi connectivity index (χ1v) is 6.38. The molecule has 17 heavy (non-hydrogen) atoms. The minimum atomic E-state index is 0.283. The summed E-state index contributed by atoms with van der Waals surface area (Å²) in [5, 5.41) is 3.98. The van der Waals surface area contributed by atoms with Crippen molar-refractivity contribution in [2.45, 2.75) is 19.6 Å². The van der Waals surface area contributed by atoms with Crippen molar-refractivity contribution in [3.63, 3.8) is 0 Å². The van der Waals surface area contributed by atoms with Gasteiger partial charge in [0.2, 0.25) is 0 Å². The molecule has 4 heteroatoms. The second kappa shape index (κ2) is 5.71. The molecule has 1 heterocycles. The third-order valence-corrected chi connectivity index (χ3v) is 3.23. The molecular weight excluding hydrogens is 236 g/mol. The predicted octanol–water partition coefficient (Wildman–Crippen LogP) is 2.28. The number of hydrogen-bond acceptors (Lipinski definition) is 3. The molecule has 1 N–H and O–H groups in total. The summed E-state index contributed by atoms with van der Waals surface area (Å²) in [6, 6.07) is 6.09. The molecule has 0 saturated carbocycles. The van der Waals surface area contributed by atoms with E-state index >= 15 is 0 Å². The predicted molar refractivity (Wildman–Crippen MR) is 71.8 cm³/mol. The molecule has 0 spiro atoms. The van der Waals surface area contributed by atoms with Crippen LogP contribution in [0.4, 0.5) is 5.69 Å². The van der Waals surface area contributed by atoms with Gasteiger partial charge in [-0.1, -0.05) is 17.7 Å². The Balaban J connectivity index is 2.25. The van der Waals surface area contributed by atoms with Crippen molar-refractivity contribution in [1.82, 2.24) is 5.32 Å². The molecule has 1 unspecified atom stereocenters. The highest BCUT2D eigenvalue weighted by molar-refractivity contribution is 6.30. The summed E-state index contributed by atoms with van der Waals surface area (Å²) in [6.45, 7) is 5.61. The van der Waals surface area contributed by atoms with Gasteiger partial charge in [0.15, 0.2) is 0 Å². The molecule has 0 bridgehead atoms. The molecule has 0 radical (unpaired) electrons. The van der Waals surface area contributed by atoms with Crippen LogP contribution >= 0.6 is 11.6 Å². The van der Waals surface area contributed by atoms with Gasteiger partial charge in [-0.15, -0.1) is 0 Å². The minimum Gasteiger partial charge on any atom is -0.375 e. The summed E-state index contributed by atoms with van der Waals surface area (Å²) in [7, 11) is 1.96. The van der Waals surface area contributed by atoms with E-state index in [1.54, 1.807) is 0 Å². The van der Waals surface area contributed by atoms with Crippen molar-refractivity contribution in [2.24, 2.45) is 0 Å². The quantitative estimate of drug-likeness (QED) is 0.896. The monoisotopic (exact) mass is 254 g/mol. The fourth-order valence-electron chi connectivity index (χ4n) is 2.21. The molecule has 94 valence electrons. The van der Waals surface area contributed by atoms with E-state index in [0.29, 0.717) is 0 Å². The Kier molecular flexibility index (Phi) is 4.26. The van der Waals surface area contributed by atoms with Gasteiger partial charge < -0.3 is 15.0 Å². The van der Waals surface area contributed by atoms with Crippen LogP contribution in [-0.2, 0) is 11.3 Å². The zero-order valence-corrected chi connectivity index (χ0v) is 11.1. The van der Waals surface area contributed by atoms with Crippen LogP contribution in [0.5, 0.6) is 0 Å². The summed E-state index contributed by atoms with van der Waals surface area (Å²) in [6.07, 6.45) is 0.283. The number of rotatable bonds is 3. The van der Waals surface area contributed by atoms with Crippen LogP contribution in [0.25, 0.3) is 0 Å². The Hall–Kier alpha value is -0.770. The third kappa shape index (κ3) is 3.12. The van der Waals surface area contributed by atoms with E-state index in [2.05, 4.69) is 23.2 Å². The first-order chi connectivity index (χ1) is 8.20. The molecule has 1 saturated heterocycles. The number of nitrogens with one attached hydrogen (secondary N) is 1. The molecule has 0 amide bonds. The highest BCUT2D eigenvalue weighted by atomic mass is 35.5. The second-order valence-electron chi connectivity index (χ2n) is 4.43. The van der Waals surface area contributed by atoms with E-state index in [1.165, 1.54) is 11.3 Å². The van der Waals surface area contributed by atoms with Crippen molar-refractivity contribution >= 4 is 17.3 Å². The zero-order valence-electron chi connectivity index (χ0n) is 10.4. The number of ether oxygens (including phenoxy) is 1. The SMILES string of the molecule is CNCc1ccc(Cl)cc1N1CCOC(C)C1. The Morgan fingerprint density at radius 3 is 3.06 bits per heavy atom. The molecule has 1 fully saturated rings. The lowest BCUT2D eigenvalue weighted by Crippen LogP contribution is -2.41. The fraction of sp³-hybridized carbons (Fsp3) is 0.538. The van der Waals surface area contributed by atoms with Crippen LogP contribution in [-0.4, -0.2) is 32.8 Å². The van der Waals surface area contributed by atoms with E-state index < -0.39 is 0 Å². The average molecular weight is 255 g/mol. The maximum atomic E-state index is 6.09. The molecule has 1 atom stereocenters. The summed E-state index contributed by atoms with van der Waals surface area (Å²) >= 11 is 6.09. The Morgan fingerprint density at radius 2 is 2.35 bits per heavy atom. The van der Waals surface area contributed by atoms with Crippen LogP contribution in [0, 0.1) is 0 Å². The number of benzene rings is 1.